The van der Waals surface area contributed by atoms with Crippen LogP contribution < -0.4 is 0 Å². The van der Waals surface area contributed by atoms with Crippen molar-refractivity contribution in [2.45, 2.75) is 26.4 Å². The predicted octanol–water partition coefficient (Wildman–Crippen LogP) is 2.87. The number of pyridine rings is 1. The van der Waals surface area contributed by atoms with E-state index in [0.29, 0.717) is 16.1 Å². The molecule has 0 bridgehead atoms. The molecule has 0 aliphatic carbocycles. The number of rotatable bonds is 0. The SMILES string of the molecule is CC(C)(C)OC(=O)n1ncc2c(Cl)nccc21. The highest BCUT2D eigenvalue weighted by Crippen LogP contribution is 2.21. The summed E-state index contributed by atoms with van der Waals surface area (Å²) in [6.45, 7) is 5.39. The third kappa shape index (κ3) is 2.39. The first-order valence-electron chi connectivity index (χ1n) is 5.10. The van der Waals surface area contributed by atoms with E-state index in [4.69, 9.17) is 16.3 Å². The molecule has 0 saturated heterocycles. The summed E-state index contributed by atoms with van der Waals surface area (Å²) in [5.41, 5.74) is 0.0193. The van der Waals surface area contributed by atoms with Crippen molar-refractivity contribution in [3.8, 4) is 0 Å². The molecule has 0 spiro atoms. The number of ether oxygens (including phenoxy) is 1. The van der Waals surface area contributed by atoms with Gasteiger partial charge in [0.2, 0.25) is 0 Å². The van der Waals surface area contributed by atoms with Gasteiger partial charge < -0.3 is 4.74 Å². The molecular weight excluding hydrogens is 242 g/mol. The fourth-order valence-electron chi connectivity index (χ4n) is 1.37. The fraction of sp³-hybridized carbons (Fsp3) is 0.364. The summed E-state index contributed by atoms with van der Waals surface area (Å²) in [6.07, 6.45) is 2.48. The van der Waals surface area contributed by atoms with E-state index >= 15 is 0 Å². The van der Waals surface area contributed by atoms with Crippen molar-refractivity contribution < 1.29 is 9.53 Å². The van der Waals surface area contributed by atoms with E-state index in [1.54, 1.807) is 26.8 Å². The average molecular weight is 254 g/mol. The third-order valence-electron chi connectivity index (χ3n) is 2.02. The van der Waals surface area contributed by atoms with Crippen molar-refractivity contribution in [3.05, 3.63) is 23.6 Å². The number of aromatic nitrogens is 3. The van der Waals surface area contributed by atoms with Crippen LogP contribution in [0.2, 0.25) is 5.15 Å². The largest absolute Gasteiger partial charge is 0.442 e. The van der Waals surface area contributed by atoms with Crippen LogP contribution in [0.25, 0.3) is 10.9 Å². The summed E-state index contributed by atoms with van der Waals surface area (Å²) >= 11 is 5.89. The van der Waals surface area contributed by atoms with Gasteiger partial charge in [0, 0.05) is 6.20 Å². The molecule has 0 radical (unpaired) electrons. The molecule has 0 unspecified atom stereocenters. The van der Waals surface area contributed by atoms with Crippen LogP contribution in [0.5, 0.6) is 0 Å². The molecule has 0 fully saturated rings. The Kier molecular flexibility index (Phi) is 2.79. The van der Waals surface area contributed by atoms with Gasteiger partial charge in [-0.3, -0.25) is 0 Å². The van der Waals surface area contributed by atoms with Crippen molar-refractivity contribution in [3.63, 3.8) is 0 Å². The maximum Gasteiger partial charge on any atom is 0.435 e. The Labute approximate surface area is 103 Å². The Bertz CT molecular complexity index is 572. The lowest BCUT2D eigenvalue weighted by atomic mass is 10.2. The van der Waals surface area contributed by atoms with E-state index in [2.05, 4.69) is 10.1 Å². The smallest absolute Gasteiger partial charge is 0.435 e. The number of carbonyl (C=O) groups excluding carboxylic acids is 1. The predicted molar refractivity (Wildman–Crippen MR) is 64.2 cm³/mol. The summed E-state index contributed by atoms with van der Waals surface area (Å²) < 4.78 is 6.40. The van der Waals surface area contributed by atoms with Crippen LogP contribution in [0.3, 0.4) is 0 Å². The number of fused-ring (bicyclic) bond motifs is 1. The van der Waals surface area contributed by atoms with Crippen molar-refractivity contribution in [1.82, 2.24) is 14.8 Å². The van der Waals surface area contributed by atoms with Crippen molar-refractivity contribution >= 4 is 28.6 Å². The van der Waals surface area contributed by atoms with Crippen LogP contribution in [-0.2, 0) is 4.74 Å². The second kappa shape index (κ2) is 4.00. The summed E-state index contributed by atoms with van der Waals surface area (Å²) in [5.74, 6) is 0. The van der Waals surface area contributed by atoms with Gasteiger partial charge in [-0.1, -0.05) is 11.6 Å². The topological polar surface area (TPSA) is 57.0 Å². The fourth-order valence-corrected chi connectivity index (χ4v) is 1.57. The number of halogens is 1. The lowest BCUT2D eigenvalue weighted by molar-refractivity contribution is 0.0523. The highest BCUT2D eigenvalue weighted by Gasteiger charge is 2.20. The highest BCUT2D eigenvalue weighted by atomic mass is 35.5. The Morgan fingerprint density at radius 1 is 1.47 bits per heavy atom. The van der Waals surface area contributed by atoms with E-state index in [1.165, 1.54) is 17.1 Å². The van der Waals surface area contributed by atoms with Crippen molar-refractivity contribution in [2.75, 3.05) is 0 Å². The van der Waals surface area contributed by atoms with Crippen LogP contribution in [-0.4, -0.2) is 26.5 Å². The third-order valence-corrected chi connectivity index (χ3v) is 2.32. The summed E-state index contributed by atoms with van der Waals surface area (Å²) in [4.78, 5) is 15.8. The molecule has 0 amide bonds. The molecule has 0 aliphatic rings. The molecule has 6 heteroatoms. The summed E-state index contributed by atoms with van der Waals surface area (Å²) in [5, 5.41) is 4.90. The molecule has 0 aliphatic heterocycles. The standard InChI is InChI=1S/C11H12ClN3O2/c1-11(2,3)17-10(16)15-8-4-5-13-9(12)7(8)6-14-15/h4-6H,1-3H3. The van der Waals surface area contributed by atoms with Crippen LogP contribution >= 0.6 is 11.6 Å². The molecule has 0 saturated carbocycles. The average Bonchev–Trinajstić information content (AvgIpc) is 2.60. The Balaban J connectivity index is 2.43. The van der Waals surface area contributed by atoms with E-state index in [-0.39, 0.29) is 0 Å². The zero-order chi connectivity index (χ0) is 12.6. The minimum Gasteiger partial charge on any atom is -0.442 e. The molecule has 17 heavy (non-hydrogen) atoms. The zero-order valence-electron chi connectivity index (χ0n) is 9.77. The molecule has 0 atom stereocenters. The van der Waals surface area contributed by atoms with Gasteiger partial charge in [-0.05, 0) is 26.8 Å². The minimum absolute atomic E-state index is 0.317. The molecule has 2 aromatic rings. The van der Waals surface area contributed by atoms with E-state index in [1.807, 2.05) is 0 Å². The molecule has 0 aromatic carbocycles. The number of hydrogen-bond donors (Lipinski definition) is 0. The molecule has 0 N–H and O–H groups in total. The van der Waals surface area contributed by atoms with E-state index in [0.717, 1.165) is 0 Å². The van der Waals surface area contributed by atoms with Gasteiger partial charge in [-0.2, -0.15) is 9.78 Å². The quantitative estimate of drug-likeness (QED) is 0.678. The maximum absolute atomic E-state index is 11.9. The van der Waals surface area contributed by atoms with Gasteiger partial charge in [-0.25, -0.2) is 9.78 Å². The first-order valence-corrected chi connectivity index (χ1v) is 5.48. The van der Waals surface area contributed by atoms with Gasteiger partial charge in [-0.15, -0.1) is 0 Å². The van der Waals surface area contributed by atoms with Gasteiger partial charge >= 0.3 is 6.09 Å². The van der Waals surface area contributed by atoms with E-state index < -0.39 is 11.7 Å². The molecule has 90 valence electrons. The molecule has 5 nitrogen and oxygen atoms in total. The van der Waals surface area contributed by atoms with Gasteiger partial charge in [0.25, 0.3) is 0 Å². The first-order chi connectivity index (χ1) is 7.88. The Hall–Kier alpha value is -1.62. The van der Waals surface area contributed by atoms with Crippen LogP contribution in [0.4, 0.5) is 4.79 Å². The lowest BCUT2D eigenvalue weighted by Crippen LogP contribution is -2.27. The van der Waals surface area contributed by atoms with Gasteiger partial charge in [0.05, 0.1) is 17.1 Å². The number of carbonyl (C=O) groups is 1. The number of hydrogen-bond acceptors (Lipinski definition) is 4. The normalized spacial score (nSPS) is 11.8. The first kappa shape index (κ1) is 11.9. The van der Waals surface area contributed by atoms with Crippen LogP contribution in [0.1, 0.15) is 20.8 Å². The maximum atomic E-state index is 11.9. The minimum atomic E-state index is -0.563. The van der Waals surface area contributed by atoms with Crippen LogP contribution in [0.15, 0.2) is 18.5 Å². The Morgan fingerprint density at radius 3 is 2.82 bits per heavy atom. The second-order valence-corrected chi connectivity index (χ2v) is 4.93. The molecular formula is C11H12ClN3O2. The second-order valence-electron chi connectivity index (χ2n) is 4.57. The van der Waals surface area contributed by atoms with Gasteiger partial charge in [0.15, 0.2) is 0 Å². The summed E-state index contributed by atoms with van der Waals surface area (Å²) in [6, 6.07) is 1.66. The lowest BCUT2D eigenvalue weighted by Gasteiger charge is -2.19. The molecule has 2 heterocycles. The Morgan fingerprint density at radius 2 is 2.18 bits per heavy atom. The molecule has 2 rings (SSSR count). The highest BCUT2D eigenvalue weighted by molar-refractivity contribution is 6.34. The van der Waals surface area contributed by atoms with Crippen molar-refractivity contribution in [2.24, 2.45) is 0 Å². The number of nitrogens with zero attached hydrogens (tertiary/aromatic N) is 3. The van der Waals surface area contributed by atoms with Crippen molar-refractivity contribution in [1.29, 1.82) is 0 Å². The van der Waals surface area contributed by atoms with Crippen LogP contribution in [0, 0.1) is 0 Å². The monoisotopic (exact) mass is 253 g/mol. The molecule has 2 aromatic heterocycles. The summed E-state index contributed by atoms with van der Waals surface area (Å²) in [7, 11) is 0. The van der Waals surface area contributed by atoms with Gasteiger partial charge in [0.1, 0.15) is 10.8 Å². The zero-order valence-corrected chi connectivity index (χ0v) is 10.5. The van der Waals surface area contributed by atoms with E-state index in [9.17, 15) is 4.79 Å².